The van der Waals surface area contributed by atoms with Crippen molar-refractivity contribution in [1.29, 1.82) is 0 Å². The number of ether oxygens (including phenoxy) is 2. The Morgan fingerprint density at radius 3 is 2.50 bits per heavy atom. The molecule has 0 atom stereocenters. The average Bonchev–Trinajstić information content (AvgIpc) is 2.82. The van der Waals surface area contributed by atoms with Crippen molar-refractivity contribution in [3.63, 3.8) is 0 Å². The van der Waals surface area contributed by atoms with Crippen molar-refractivity contribution in [3.05, 3.63) is 87.2 Å². The SMILES string of the molecule is COc1cc(C=Nn2c(-c3cccc(C(F)(F)F)c3)nc3ccccc3c2=O)cc(Cl)c1OC. The van der Waals surface area contributed by atoms with Gasteiger partial charge in [0.15, 0.2) is 17.3 Å². The van der Waals surface area contributed by atoms with Crippen LogP contribution in [-0.2, 0) is 6.18 Å². The summed E-state index contributed by atoms with van der Waals surface area (Å²) >= 11 is 6.24. The van der Waals surface area contributed by atoms with Crippen LogP contribution in [0.1, 0.15) is 11.1 Å². The van der Waals surface area contributed by atoms with Crippen molar-refractivity contribution in [3.8, 4) is 22.9 Å². The van der Waals surface area contributed by atoms with Crippen LogP contribution < -0.4 is 15.0 Å². The number of alkyl halides is 3. The van der Waals surface area contributed by atoms with Gasteiger partial charge in [-0.05, 0) is 42.0 Å². The van der Waals surface area contributed by atoms with Crippen LogP contribution in [0.2, 0.25) is 5.02 Å². The lowest BCUT2D eigenvalue weighted by Crippen LogP contribution is -2.20. The summed E-state index contributed by atoms with van der Waals surface area (Å²) in [5, 5.41) is 4.77. The Bertz CT molecular complexity index is 1470. The van der Waals surface area contributed by atoms with Gasteiger partial charge in [-0.1, -0.05) is 35.9 Å². The molecule has 0 unspecified atom stereocenters. The van der Waals surface area contributed by atoms with Gasteiger partial charge in [0.25, 0.3) is 5.56 Å². The molecule has 0 radical (unpaired) electrons. The average molecular weight is 488 g/mol. The maximum absolute atomic E-state index is 13.3. The van der Waals surface area contributed by atoms with Gasteiger partial charge < -0.3 is 9.47 Å². The number of methoxy groups -OCH3 is 2. The summed E-state index contributed by atoms with van der Waals surface area (Å²) in [7, 11) is 2.89. The minimum Gasteiger partial charge on any atom is -0.493 e. The molecular formula is C24H17ClF3N3O3. The number of benzene rings is 3. The van der Waals surface area contributed by atoms with Crippen molar-refractivity contribution in [2.75, 3.05) is 14.2 Å². The summed E-state index contributed by atoms with van der Waals surface area (Å²) in [6.45, 7) is 0. The molecule has 4 rings (SSSR count). The molecule has 34 heavy (non-hydrogen) atoms. The van der Waals surface area contributed by atoms with Gasteiger partial charge in [-0.2, -0.15) is 22.9 Å². The lowest BCUT2D eigenvalue weighted by molar-refractivity contribution is -0.137. The molecule has 0 saturated carbocycles. The molecule has 0 aliphatic heterocycles. The third kappa shape index (κ3) is 4.47. The number of aromatic nitrogens is 2. The number of nitrogens with zero attached hydrogens (tertiary/aromatic N) is 3. The minimum atomic E-state index is -4.56. The largest absolute Gasteiger partial charge is 0.493 e. The van der Waals surface area contributed by atoms with Crippen LogP contribution in [0, 0.1) is 0 Å². The molecule has 1 aromatic heterocycles. The lowest BCUT2D eigenvalue weighted by atomic mass is 10.1. The second-order valence-corrected chi connectivity index (χ2v) is 7.54. The fraction of sp³-hybridized carbons (Fsp3) is 0.125. The van der Waals surface area contributed by atoms with E-state index in [1.807, 2.05) is 0 Å². The number of halogens is 4. The van der Waals surface area contributed by atoms with Gasteiger partial charge in [0.05, 0.1) is 41.9 Å². The molecule has 0 fully saturated rings. The van der Waals surface area contributed by atoms with Crippen LogP contribution in [0.25, 0.3) is 22.3 Å². The fourth-order valence-corrected chi connectivity index (χ4v) is 3.69. The molecule has 0 spiro atoms. The van der Waals surface area contributed by atoms with Gasteiger partial charge in [-0.15, -0.1) is 0 Å². The molecule has 1 heterocycles. The summed E-state index contributed by atoms with van der Waals surface area (Å²) in [6, 6.07) is 14.2. The molecule has 6 nitrogen and oxygen atoms in total. The summed E-state index contributed by atoms with van der Waals surface area (Å²) in [5.74, 6) is 0.631. The fourth-order valence-electron chi connectivity index (χ4n) is 3.39. The molecule has 0 aliphatic rings. The van der Waals surface area contributed by atoms with Crippen LogP contribution in [0.3, 0.4) is 0 Å². The predicted molar refractivity (Wildman–Crippen MR) is 124 cm³/mol. The summed E-state index contributed by atoms with van der Waals surface area (Å²) in [4.78, 5) is 17.7. The summed E-state index contributed by atoms with van der Waals surface area (Å²) < 4.78 is 51.4. The molecular weight excluding hydrogens is 471 g/mol. The van der Waals surface area contributed by atoms with Crippen LogP contribution in [0.15, 0.2) is 70.6 Å². The highest BCUT2D eigenvalue weighted by Gasteiger charge is 2.31. The van der Waals surface area contributed by atoms with Crippen LogP contribution in [-0.4, -0.2) is 30.1 Å². The van der Waals surface area contributed by atoms with Crippen molar-refractivity contribution >= 4 is 28.7 Å². The zero-order valence-electron chi connectivity index (χ0n) is 17.9. The smallest absolute Gasteiger partial charge is 0.416 e. The van der Waals surface area contributed by atoms with Crippen molar-refractivity contribution in [1.82, 2.24) is 9.66 Å². The van der Waals surface area contributed by atoms with Gasteiger partial charge in [0.2, 0.25) is 0 Å². The van der Waals surface area contributed by atoms with E-state index in [0.717, 1.165) is 16.8 Å². The summed E-state index contributed by atoms with van der Waals surface area (Å²) in [6.07, 6.45) is -3.22. The maximum atomic E-state index is 13.3. The van der Waals surface area contributed by atoms with E-state index < -0.39 is 17.3 Å². The first-order chi connectivity index (χ1) is 16.2. The standard InChI is InChI=1S/C24H17ClF3N3O3/c1-33-20-11-14(10-18(25)21(20)34-2)13-29-31-22(15-6-5-7-16(12-15)24(26,27)28)30-19-9-4-3-8-17(19)23(31)32/h3-13H,1-2H3. The Labute approximate surface area is 196 Å². The number of hydrogen-bond donors (Lipinski definition) is 0. The highest BCUT2D eigenvalue weighted by Crippen LogP contribution is 2.36. The maximum Gasteiger partial charge on any atom is 0.416 e. The van der Waals surface area contributed by atoms with Gasteiger partial charge >= 0.3 is 6.18 Å². The molecule has 0 N–H and O–H groups in total. The molecule has 174 valence electrons. The van der Waals surface area contributed by atoms with E-state index in [4.69, 9.17) is 21.1 Å². The molecule has 3 aromatic carbocycles. The van der Waals surface area contributed by atoms with Gasteiger partial charge in [-0.25, -0.2) is 4.98 Å². The minimum absolute atomic E-state index is 0.0439. The third-order valence-electron chi connectivity index (χ3n) is 4.98. The van der Waals surface area contributed by atoms with E-state index in [9.17, 15) is 18.0 Å². The number of hydrogen-bond acceptors (Lipinski definition) is 5. The zero-order chi connectivity index (χ0) is 24.5. The van der Waals surface area contributed by atoms with Gasteiger partial charge in [0, 0.05) is 5.56 Å². The topological polar surface area (TPSA) is 65.7 Å². The molecule has 0 saturated heterocycles. The van der Waals surface area contributed by atoms with Crippen molar-refractivity contribution in [2.24, 2.45) is 5.10 Å². The monoisotopic (exact) mass is 487 g/mol. The van der Waals surface area contributed by atoms with Crippen LogP contribution >= 0.6 is 11.6 Å². The third-order valence-corrected chi connectivity index (χ3v) is 5.26. The van der Waals surface area contributed by atoms with Crippen molar-refractivity contribution in [2.45, 2.75) is 6.18 Å². The number of rotatable bonds is 5. The van der Waals surface area contributed by atoms with E-state index in [1.54, 1.807) is 36.4 Å². The molecule has 0 amide bonds. The van der Waals surface area contributed by atoms with E-state index in [2.05, 4.69) is 10.1 Å². The van der Waals surface area contributed by atoms with E-state index in [0.29, 0.717) is 22.6 Å². The van der Waals surface area contributed by atoms with E-state index in [-0.39, 0.29) is 21.8 Å². The zero-order valence-corrected chi connectivity index (χ0v) is 18.7. The first kappa shape index (κ1) is 23.3. The Balaban J connectivity index is 1.92. The second-order valence-electron chi connectivity index (χ2n) is 7.13. The normalized spacial score (nSPS) is 11.8. The molecule has 10 heteroatoms. The predicted octanol–water partition coefficient (Wildman–Crippen LogP) is 5.64. The number of para-hydroxylation sites is 1. The second kappa shape index (κ2) is 9.18. The Morgan fingerprint density at radius 1 is 1.03 bits per heavy atom. The van der Waals surface area contributed by atoms with Crippen LogP contribution in [0.4, 0.5) is 13.2 Å². The Hall–Kier alpha value is -3.85. The van der Waals surface area contributed by atoms with Crippen LogP contribution in [0.5, 0.6) is 11.5 Å². The quantitative estimate of drug-likeness (QED) is 0.342. The molecule has 4 aromatic rings. The lowest BCUT2D eigenvalue weighted by Gasteiger charge is -2.12. The van der Waals surface area contributed by atoms with E-state index in [1.165, 1.54) is 32.6 Å². The van der Waals surface area contributed by atoms with E-state index >= 15 is 0 Å². The van der Waals surface area contributed by atoms with Gasteiger partial charge in [-0.3, -0.25) is 4.79 Å². The number of fused-ring (bicyclic) bond motifs is 1. The molecule has 0 aliphatic carbocycles. The Morgan fingerprint density at radius 2 is 1.79 bits per heavy atom. The van der Waals surface area contributed by atoms with Crippen molar-refractivity contribution < 1.29 is 22.6 Å². The first-order valence-electron chi connectivity index (χ1n) is 9.88. The highest BCUT2D eigenvalue weighted by atomic mass is 35.5. The highest BCUT2D eigenvalue weighted by molar-refractivity contribution is 6.32. The first-order valence-corrected chi connectivity index (χ1v) is 10.3. The Kier molecular flexibility index (Phi) is 6.30. The summed E-state index contributed by atoms with van der Waals surface area (Å²) in [5.41, 5.74) is -0.520. The van der Waals surface area contributed by atoms with Gasteiger partial charge in [0.1, 0.15) is 0 Å². The molecule has 0 bridgehead atoms.